The molecule has 0 spiro atoms. The molecular weight excluding hydrogens is 130 g/mol. The molecule has 0 atom stereocenters. The average molecular weight is 134 g/mol. The van der Waals surface area contributed by atoms with Gasteiger partial charge in [-0.05, 0) is 0 Å². The predicted octanol–water partition coefficient (Wildman–Crippen LogP) is 0.161. The lowest BCUT2D eigenvalue weighted by Crippen LogP contribution is -1.56. The molecule has 40 valence electrons. The van der Waals surface area contributed by atoms with Crippen molar-refractivity contribution in [1.29, 1.82) is 0 Å². The second-order valence-electron chi connectivity index (χ2n) is 0.473. The molecule has 0 aromatic rings. The van der Waals surface area contributed by atoms with Crippen molar-refractivity contribution in [3.05, 3.63) is 0 Å². The predicted molar refractivity (Wildman–Crippen MR) is 23.5 cm³/mol. The van der Waals surface area contributed by atoms with Gasteiger partial charge >= 0.3 is 7.91 Å². The van der Waals surface area contributed by atoms with Gasteiger partial charge in [0.15, 0.2) is 0 Å². The van der Waals surface area contributed by atoms with Crippen LogP contribution in [0.1, 0.15) is 0 Å². The van der Waals surface area contributed by atoms with Crippen molar-refractivity contribution in [3.8, 4) is 0 Å². The van der Waals surface area contributed by atoms with Gasteiger partial charge in [0.2, 0.25) is 0 Å². The van der Waals surface area contributed by atoms with Crippen molar-refractivity contribution in [1.82, 2.24) is 0 Å². The average Bonchev–Trinajstić information content (AvgIpc) is 0.722. The molecule has 0 bridgehead atoms. The van der Waals surface area contributed by atoms with Gasteiger partial charge in [-0.3, -0.25) is 9.79 Å². The first-order valence-electron chi connectivity index (χ1n) is 0.752. The number of hydrogen-bond donors (Lipinski definition) is 2. The van der Waals surface area contributed by atoms with E-state index >= 15 is 0 Å². The van der Waals surface area contributed by atoms with Gasteiger partial charge in [-0.1, -0.05) is 0 Å². The minimum Gasteiger partial charge on any atom is -0.299 e. The van der Waals surface area contributed by atoms with E-state index in [0.29, 0.717) is 0 Å². The topological polar surface area (TPSA) is 57.5 Å². The highest BCUT2D eigenvalue weighted by Crippen LogP contribution is 2.34. The lowest BCUT2D eigenvalue weighted by atomic mass is 15.8. The van der Waals surface area contributed by atoms with E-state index in [2.05, 4.69) is 0 Å². The minimum atomic E-state index is -5.14. The molecule has 6 heavy (non-hydrogen) atoms. The van der Waals surface area contributed by atoms with Crippen LogP contribution in [0, 0.1) is 0 Å². The van der Waals surface area contributed by atoms with E-state index in [1.807, 2.05) is 0 Å². The van der Waals surface area contributed by atoms with Gasteiger partial charge in [0.1, 0.15) is 0 Å². The van der Waals surface area contributed by atoms with Gasteiger partial charge in [-0.25, -0.2) is 4.57 Å². The van der Waals surface area contributed by atoms with Crippen molar-refractivity contribution in [2.45, 2.75) is 0 Å². The summed E-state index contributed by atoms with van der Waals surface area (Å²) in [5.41, 5.74) is 0. The smallest absolute Gasteiger partial charge is 0.299 e. The van der Waals surface area contributed by atoms with E-state index in [4.69, 9.17) is 14.4 Å². The Kier molecular flexibility index (Phi) is 4.15. The van der Waals surface area contributed by atoms with Gasteiger partial charge < -0.3 is 0 Å². The molecule has 0 aromatic carbocycles. The van der Waals surface area contributed by atoms with Crippen LogP contribution in [0.4, 0.5) is 4.20 Å². The Morgan fingerprint density at radius 1 is 1.50 bits per heavy atom. The number of halogens is 1. The summed E-state index contributed by atoms with van der Waals surface area (Å²) in [6.07, 6.45) is 0. The van der Waals surface area contributed by atoms with E-state index in [9.17, 15) is 4.20 Å². The van der Waals surface area contributed by atoms with Gasteiger partial charge in [0.05, 0.1) is 0 Å². The molecule has 3 nitrogen and oxygen atoms in total. The highest BCUT2D eigenvalue weighted by molar-refractivity contribution is 7.59. The van der Waals surface area contributed by atoms with Crippen LogP contribution in [0.2, 0.25) is 0 Å². The summed E-state index contributed by atoms with van der Waals surface area (Å²) >= 11 is 0. The third kappa shape index (κ3) is 282. The molecule has 0 aliphatic heterocycles. The molecule has 0 aromatic heterocycles. The standard InChI is InChI=1S/FH2O3P.H2S/c1-5(2,3)4;/h(H2,2,3,4);1H2. The van der Waals surface area contributed by atoms with Crippen LogP contribution in [0.25, 0.3) is 0 Å². The third-order valence-corrected chi connectivity index (χ3v) is 0. The first-order valence-corrected chi connectivity index (χ1v) is 2.25. The number of hydrogen-bond acceptors (Lipinski definition) is 1. The zero-order chi connectivity index (χ0) is 4.50. The molecule has 0 unspecified atom stereocenters. The molecule has 0 saturated carbocycles. The molecule has 0 radical (unpaired) electrons. The normalized spacial score (nSPS) is 9.83. The van der Waals surface area contributed by atoms with Gasteiger partial charge in [0.25, 0.3) is 0 Å². The van der Waals surface area contributed by atoms with Crippen molar-refractivity contribution in [2.24, 2.45) is 0 Å². The van der Waals surface area contributed by atoms with Crippen LogP contribution in [0.5, 0.6) is 0 Å². The molecule has 0 aliphatic carbocycles. The fraction of sp³-hybridized carbons (Fsp3) is 0. The van der Waals surface area contributed by atoms with Gasteiger partial charge in [-0.2, -0.15) is 13.5 Å². The molecule has 0 rings (SSSR count). The lowest BCUT2D eigenvalue weighted by molar-refractivity contribution is 0.322. The van der Waals surface area contributed by atoms with Crippen LogP contribution in [0.15, 0.2) is 0 Å². The SMILES string of the molecule is O=P(O)(O)F.S. The molecule has 2 N–H and O–H groups in total. The number of rotatable bonds is 0. The molecule has 6 heteroatoms. The Morgan fingerprint density at radius 3 is 1.50 bits per heavy atom. The zero-order valence-corrected chi connectivity index (χ0v) is 4.52. The molecule has 0 heterocycles. The van der Waals surface area contributed by atoms with E-state index in [0.717, 1.165) is 0 Å². The van der Waals surface area contributed by atoms with Gasteiger partial charge in [0, 0.05) is 0 Å². The monoisotopic (exact) mass is 134 g/mol. The summed E-state index contributed by atoms with van der Waals surface area (Å²) in [5.74, 6) is 0. The Balaban J connectivity index is 0. The van der Waals surface area contributed by atoms with Crippen LogP contribution < -0.4 is 0 Å². The summed E-state index contributed by atoms with van der Waals surface area (Å²) < 4.78 is 19.0. The maximum Gasteiger partial charge on any atom is 0.507 e. The van der Waals surface area contributed by atoms with Crippen molar-refractivity contribution >= 4 is 21.4 Å². The van der Waals surface area contributed by atoms with E-state index in [-0.39, 0.29) is 13.5 Å². The van der Waals surface area contributed by atoms with Crippen molar-refractivity contribution in [2.75, 3.05) is 0 Å². The van der Waals surface area contributed by atoms with Crippen molar-refractivity contribution < 1.29 is 18.5 Å². The largest absolute Gasteiger partial charge is 0.507 e. The Bertz CT molecular complexity index is 56.9. The maximum atomic E-state index is 10.4. The summed E-state index contributed by atoms with van der Waals surface area (Å²) in [6.45, 7) is 0. The third-order valence-electron chi connectivity index (χ3n) is 0. The van der Waals surface area contributed by atoms with E-state index < -0.39 is 7.91 Å². The highest BCUT2D eigenvalue weighted by Gasteiger charge is 2.04. The first kappa shape index (κ1) is 9.66. The highest BCUT2D eigenvalue weighted by atomic mass is 32.1. The second kappa shape index (κ2) is 2.58. The fourth-order valence-corrected chi connectivity index (χ4v) is 0. The summed E-state index contributed by atoms with van der Waals surface area (Å²) in [7, 11) is -5.14. The Hall–Kier alpha value is 0.430. The molecule has 0 fully saturated rings. The van der Waals surface area contributed by atoms with E-state index in [1.165, 1.54) is 0 Å². The first-order chi connectivity index (χ1) is 2.00. The lowest BCUT2D eigenvalue weighted by Gasteiger charge is -1.77. The summed E-state index contributed by atoms with van der Waals surface area (Å²) in [5, 5.41) is 0. The second-order valence-corrected chi connectivity index (χ2v) is 1.42. The quantitative estimate of drug-likeness (QED) is 0.464. The molecule has 0 amide bonds. The fourth-order valence-electron chi connectivity index (χ4n) is 0. The zero-order valence-electron chi connectivity index (χ0n) is 2.63. The maximum absolute atomic E-state index is 10.4. The Morgan fingerprint density at radius 2 is 1.50 bits per heavy atom. The van der Waals surface area contributed by atoms with Crippen LogP contribution in [-0.2, 0) is 4.57 Å². The molecular formula is H4FO3PS. The van der Waals surface area contributed by atoms with E-state index in [1.54, 1.807) is 0 Å². The molecule has 0 saturated heterocycles. The van der Waals surface area contributed by atoms with Crippen LogP contribution >= 0.6 is 21.4 Å². The summed E-state index contributed by atoms with van der Waals surface area (Å²) in [6, 6.07) is 0. The minimum absolute atomic E-state index is 0. The van der Waals surface area contributed by atoms with Crippen molar-refractivity contribution in [3.63, 3.8) is 0 Å². The van der Waals surface area contributed by atoms with Crippen LogP contribution in [0.3, 0.4) is 0 Å². The van der Waals surface area contributed by atoms with Gasteiger partial charge in [-0.15, -0.1) is 4.20 Å². The summed E-state index contributed by atoms with van der Waals surface area (Å²) in [4.78, 5) is 13.9. The Labute approximate surface area is 40.9 Å². The van der Waals surface area contributed by atoms with Crippen LogP contribution in [-0.4, -0.2) is 9.79 Å². The molecule has 0 aliphatic rings.